The number of amides is 1. The number of rotatable bonds is 5. The Balaban J connectivity index is 1.41. The number of carbonyl (C=O) groups is 1. The minimum absolute atomic E-state index is 0.119. The summed E-state index contributed by atoms with van der Waals surface area (Å²) in [6, 6.07) is 0.219. The Hall–Kier alpha value is -3.10. The Labute approximate surface area is 175 Å². The van der Waals surface area contributed by atoms with Crippen LogP contribution in [0.2, 0.25) is 0 Å². The second-order valence-corrected chi connectivity index (χ2v) is 8.12. The molecule has 3 aromatic heterocycles. The van der Waals surface area contributed by atoms with Crippen molar-refractivity contribution in [1.29, 1.82) is 0 Å². The summed E-state index contributed by atoms with van der Waals surface area (Å²) >= 11 is 0. The lowest BCUT2D eigenvalue weighted by Crippen LogP contribution is -2.44. The Kier molecular flexibility index (Phi) is 4.80. The number of anilines is 1. The van der Waals surface area contributed by atoms with E-state index in [0.29, 0.717) is 5.91 Å². The molecule has 0 bridgehead atoms. The molecule has 30 heavy (non-hydrogen) atoms. The lowest BCUT2D eigenvalue weighted by atomic mass is 10.0. The van der Waals surface area contributed by atoms with Crippen LogP contribution >= 0.6 is 0 Å². The lowest BCUT2D eigenvalue weighted by Gasteiger charge is -2.33. The molecule has 5 rings (SSSR count). The average molecular weight is 406 g/mol. The molecule has 9 heteroatoms. The van der Waals surface area contributed by atoms with Crippen molar-refractivity contribution in [2.75, 3.05) is 18.4 Å². The standard InChI is InChI=1S/C21H26N8O/c1-3-29-19(15-10-22-13(2)23-11-15)27-17-18(24-12-25-20(17)29)26-16-6-5-14(9-16)21(30)28-7-4-8-28/h10-12,14,16H,3-9H2,1-2H3,(H,24,25,26)/t14-,16+/m1/s1. The summed E-state index contributed by atoms with van der Waals surface area (Å²) in [6.07, 6.45) is 9.02. The summed E-state index contributed by atoms with van der Waals surface area (Å²) < 4.78 is 2.06. The van der Waals surface area contributed by atoms with Crippen LogP contribution in [0.25, 0.3) is 22.6 Å². The third-order valence-electron chi connectivity index (χ3n) is 6.18. The first-order valence-electron chi connectivity index (χ1n) is 10.7. The number of fused-ring (bicyclic) bond motifs is 1. The summed E-state index contributed by atoms with van der Waals surface area (Å²) in [4.78, 5) is 37.0. The third kappa shape index (κ3) is 3.28. The molecule has 2 atom stereocenters. The molecule has 1 saturated heterocycles. The first-order chi connectivity index (χ1) is 14.6. The van der Waals surface area contributed by atoms with E-state index in [1.807, 2.05) is 11.8 Å². The van der Waals surface area contributed by atoms with Crippen LogP contribution in [-0.4, -0.2) is 59.4 Å². The number of hydrogen-bond acceptors (Lipinski definition) is 7. The van der Waals surface area contributed by atoms with Crippen molar-refractivity contribution < 1.29 is 4.79 Å². The van der Waals surface area contributed by atoms with Crippen molar-refractivity contribution in [3.8, 4) is 11.4 Å². The van der Waals surface area contributed by atoms with Crippen LogP contribution in [0.3, 0.4) is 0 Å². The van der Waals surface area contributed by atoms with Crippen molar-refractivity contribution in [1.82, 2.24) is 34.4 Å². The van der Waals surface area contributed by atoms with Crippen LogP contribution in [-0.2, 0) is 11.3 Å². The number of imidazole rings is 1. The average Bonchev–Trinajstić information content (AvgIpc) is 3.32. The van der Waals surface area contributed by atoms with E-state index in [-0.39, 0.29) is 12.0 Å². The van der Waals surface area contributed by atoms with Gasteiger partial charge >= 0.3 is 0 Å². The SMILES string of the molecule is CCn1c(-c2cnc(C)nc2)nc2c(N[C@H]3CC[C@@H](C(=O)N4CCC4)C3)ncnc21. The van der Waals surface area contributed by atoms with Gasteiger partial charge in [0.15, 0.2) is 17.0 Å². The monoisotopic (exact) mass is 406 g/mol. The first-order valence-corrected chi connectivity index (χ1v) is 10.7. The highest BCUT2D eigenvalue weighted by atomic mass is 16.2. The highest BCUT2D eigenvalue weighted by Gasteiger charge is 2.34. The van der Waals surface area contributed by atoms with Crippen molar-refractivity contribution in [3.63, 3.8) is 0 Å². The molecule has 4 heterocycles. The molecule has 1 aliphatic carbocycles. The van der Waals surface area contributed by atoms with Gasteiger partial charge in [-0.25, -0.2) is 24.9 Å². The summed E-state index contributed by atoms with van der Waals surface area (Å²) in [6.45, 7) is 6.49. The van der Waals surface area contributed by atoms with Crippen LogP contribution < -0.4 is 5.32 Å². The zero-order valence-corrected chi connectivity index (χ0v) is 17.4. The van der Waals surface area contributed by atoms with Gasteiger partial charge in [-0.15, -0.1) is 0 Å². The maximum absolute atomic E-state index is 12.6. The first kappa shape index (κ1) is 18.9. The highest BCUT2D eigenvalue weighted by Crippen LogP contribution is 2.32. The van der Waals surface area contributed by atoms with Crippen molar-refractivity contribution in [3.05, 3.63) is 24.5 Å². The van der Waals surface area contributed by atoms with Crippen molar-refractivity contribution in [2.24, 2.45) is 5.92 Å². The quantitative estimate of drug-likeness (QED) is 0.694. The summed E-state index contributed by atoms with van der Waals surface area (Å²) in [5, 5.41) is 3.54. The van der Waals surface area contributed by atoms with Gasteiger partial charge in [0.05, 0.1) is 5.56 Å². The van der Waals surface area contributed by atoms with Gasteiger partial charge in [-0.3, -0.25) is 4.79 Å². The van der Waals surface area contributed by atoms with Crippen molar-refractivity contribution >= 4 is 22.9 Å². The van der Waals surface area contributed by atoms with E-state index in [9.17, 15) is 4.79 Å². The lowest BCUT2D eigenvalue weighted by molar-refractivity contribution is -0.138. The normalized spacial score (nSPS) is 21.1. The predicted molar refractivity (Wildman–Crippen MR) is 113 cm³/mol. The molecule has 0 radical (unpaired) electrons. The Morgan fingerprint density at radius 3 is 2.67 bits per heavy atom. The van der Waals surface area contributed by atoms with Gasteiger partial charge in [0.2, 0.25) is 5.91 Å². The van der Waals surface area contributed by atoms with E-state index in [1.54, 1.807) is 18.7 Å². The summed E-state index contributed by atoms with van der Waals surface area (Å²) in [5.41, 5.74) is 2.39. The fraction of sp³-hybridized carbons (Fsp3) is 0.524. The van der Waals surface area contributed by atoms with E-state index in [4.69, 9.17) is 4.98 Å². The maximum atomic E-state index is 12.6. The molecule has 0 spiro atoms. The molecule has 2 aliphatic rings. The number of carbonyl (C=O) groups excluding carboxylic acids is 1. The Bertz CT molecular complexity index is 1070. The van der Waals surface area contributed by atoms with Crippen LogP contribution in [0.5, 0.6) is 0 Å². The Morgan fingerprint density at radius 2 is 1.97 bits per heavy atom. The number of aryl methyl sites for hydroxylation is 2. The van der Waals surface area contributed by atoms with Crippen LogP contribution in [0, 0.1) is 12.8 Å². The van der Waals surface area contributed by atoms with Gasteiger partial charge in [-0.2, -0.15) is 0 Å². The smallest absolute Gasteiger partial charge is 0.225 e. The molecule has 156 valence electrons. The van der Waals surface area contributed by atoms with E-state index in [2.05, 4.69) is 36.7 Å². The van der Waals surface area contributed by atoms with Gasteiger partial charge in [0.1, 0.15) is 18.0 Å². The number of likely N-dealkylation sites (tertiary alicyclic amines) is 1. The van der Waals surface area contributed by atoms with Crippen molar-refractivity contribution in [2.45, 2.75) is 52.1 Å². The van der Waals surface area contributed by atoms with E-state index >= 15 is 0 Å². The van der Waals surface area contributed by atoms with Gasteiger partial charge in [0, 0.05) is 44.0 Å². The fourth-order valence-electron chi connectivity index (χ4n) is 4.40. The summed E-state index contributed by atoms with van der Waals surface area (Å²) in [7, 11) is 0. The molecule has 0 unspecified atom stereocenters. The Morgan fingerprint density at radius 1 is 1.17 bits per heavy atom. The highest BCUT2D eigenvalue weighted by molar-refractivity contribution is 5.86. The van der Waals surface area contributed by atoms with Gasteiger partial charge in [-0.1, -0.05) is 0 Å². The molecule has 3 aromatic rings. The molecular weight excluding hydrogens is 380 g/mol. The van der Waals surface area contributed by atoms with Crippen LogP contribution in [0.15, 0.2) is 18.7 Å². The predicted octanol–water partition coefficient (Wildman–Crippen LogP) is 2.42. The van der Waals surface area contributed by atoms with E-state index in [1.165, 1.54) is 0 Å². The van der Waals surface area contributed by atoms with Gasteiger partial charge < -0.3 is 14.8 Å². The molecule has 9 nitrogen and oxygen atoms in total. The fourth-order valence-corrected chi connectivity index (χ4v) is 4.40. The largest absolute Gasteiger partial charge is 0.365 e. The second-order valence-electron chi connectivity index (χ2n) is 8.12. The van der Waals surface area contributed by atoms with E-state index < -0.39 is 0 Å². The minimum atomic E-state index is 0.119. The molecule has 1 amide bonds. The molecular formula is C21H26N8O. The molecule has 1 N–H and O–H groups in total. The minimum Gasteiger partial charge on any atom is -0.365 e. The van der Waals surface area contributed by atoms with Gasteiger partial charge in [0.25, 0.3) is 0 Å². The molecule has 1 aliphatic heterocycles. The number of nitrogens with one attached hydrogen (secondary N) is 1. The van der Waals surface area contributed by atoms with Gasteiger partial charge in [-0.05, 0) is 39.5 Å². The molecule has 1 saturated carbocycles. The molecule has 0 aromatic carbocycles. The number of nitrogens with zero attached hydrogens (tertiary/aromatic N) is 7. The topological polar surface area (TPSA) is 102 Å². The van der Waals surface area contributed by atoms with E-state index in [0.717, 1.165) is 79.5 Å². The number of aromatic nitrogens is 6. The maximum Gasteiger partial charge on any atom is 0.225 e. The third-order valence-corrected chi connectivity index (χ3v) is 6.18. The van der Waals surface area contributed by atoms with Crippen LogP contribution in [0.4, 0.5) is 5.82 Å². The summed E-state index contributed by atoms with van der Waals surface area (Å²) in [5.74, 6) is 2.67. The zero-order chi connectivity index (χ0) is 20.7. The van der Waals surface area contributed by atoms with Crippen LogP contribution in [0.1, 0.15) is 38.4 Å². The zero-order valence-electron chi connectivity index (χ0n) is 17.4. The number of hydrogen-bond donors (Lipinski definition) is 1. The molecule has 2 fully saturated rings. The second kappa shape index (κ2) is 7.62.